The Morgan fingerprint density at radius 1 is 1.05 bits per heavy atom. The summed E-state index contributed by atoms with van der Waals surface area (Å²) in [5.41, 5.74) is 0. The van der Waals surface area contributed by atoms with Gasteiger partial charge in [-0.2, -0.15) is 0 Å². The van der Waals surface area contributed by atoms with E-state index in [1.165, 1.54) is 6.42 Å². The molecule has 0 radical (unpaired) electrons. The lowest BCUT2D eigenvalue weighted by atomic mass is 9.96. The summed E-state index contributed by atoms with van der Waals surface area (Å²) in [6.07, 6.45) is 3.47. The average molecular weight is 302 g/mol. The molecule has 0 aromatic heterocycles. The van der Waals surface area contributed by atoms with Crippen molar-refractivity contribution in [2.75, 3.05) is 19.8 Å². The van der Waals surface area contributed by atoms with Gasteiger partial charge in [0, 0.05) is 12.5 Å². The summed E-state index contributed by atoms with van der Waals surface area (Å²) >= 11 is 0. The van der Waals surface area contributed by atoms with Gasteiger partial charge < -0.3 is 14.6 Å². The van der Waals surface area contributed by atoms with Crippen LogP contribution in [-0.4, -0.2) is 30.7 Å². The van der Waals surface area contributed by atoms with E-state index in [2.05, 4.69) is 34.6 Å². The van der Waals surface area contributed by atoms with Gasteiger partial charge in [0.15, 0.2) is 5.79 Å². The number of hydrogen-bond donors (Lipinski definition) is 1. The van der Waals surface area contributed by atoms with Crippen molar-refractivity contribution < 1.29 is 14.6 Å². The zero-order valence-electron chi connectivity index (χ0n) is 15.3. The summed E-state index contributed by atoms with van der Waals surface area (Å²) < 4.78 is 11.1. The first-order valence-electron chi connectivity index (χ1n) is 8.58. The van der Waals surface area contributed by atoms with Crippen molar-refractivity contribution in [3.63, 3.8) is 0 Å². The molecule has 0 aromatic carbocycles. The lowest BCUT2D eigenvalue weighted by Gasteiger charge is -2.35. The average Bonchev–Trinajstić information content (AvgIpc) is 2.38. The van der Waals surface area contributed by atoms with Crippen LogP contribution in [0.2, 0.25) is 0 Å². The third-order valence-electron chi connectivity index (χ3n) is 3.78. The quantitative estimate of drug-likeness (QED) is 0.786. The minimum atomic E-state index is -0.354. The topological polar surface area (TPSA) is 38.7 Å². The highest BCUT2D eigenvalue weighted by Crippen LogP contribution is 2.24. The van der Waals surface area contributed by atoms with Crippen molar-refractivity contribution in [1.29, 1.82) is 0 Å². The van der Waals surface area contributed by atoms with E-state index in [-0.39, 0.29) is 5.79 Å². The molecule has 0 aromatic rings. The number of aliphatic hydroxyl groups excluding tert-OH is 1. The first-order valence-corrected chi connectivity index (χ1v) is 8.58. The summed E-state index contributed by atoms with van der Waals surface area (Å²) in [6.45, 7) is 17.0. The van der Waals surface area contributed by atoms with Crippen molar-refractivity contribution in [3.05, 3.63) is 0 Å². The van der Waals surface area contributed by atoms with Crippen LogP contribution in [0.3, 0.4) is 0 Å². The van der Waals surface area contributed by atoms with Gasteiger partial charge in [0.25, 0.3) is 0 Å². The maximum atomic E-state index is 8.77. The minimum absolute atomic E-state index is 0.354. The molecule has 0 saturated carbocycles. The monoisotopic (exact) mass is 302 g/mol. The predicted molar refractivity (Wildman–Crippen MR) is 89.2 cm³/mol. The molecule has 1 aliphatic rings. The standard InChI is InChI=1S/C10H20O2.C8H18O/c1-8(2)5-9-6-11-10(3,4)12-7-9;1-4-8(6-9)5-7(2)3/h8-9H,5-7H2,1-4H3;7-9H,4-6H2,1-3H3. The summed E-state index contributed by atoms with van der Waals surface area (Å²) in [5.74, 6) is 2.24. The van der Waals surface area contributed by atoms with Crippen LogP contribution in [0.5, 0.6) is 0 Å². The van der Waals surface area contributed by atoms with E-state index in [1.54, 1.807) is 0 Å². The second-order valence-electron chi connectivity index (χ2n) is 7.60. The molecular formula is C18H38O3. The van der Waals surface area contributed by atoms with E-state index < -0.39 is 0 Å². The van der Waals surface area contributed by atoms with Crippen molar-refractivity contribution in [2.24, 2.45) is 23.7 Å². The highest BCUT2D eigenvalue weighted by atomic mass is 16.7. The van der Waals surface area contributed by atoms with Crippen LogP contribution in [-0.2, 0) is 9.47 Å². The van der Waals surface area contributed by atoms with Crippen molar-refractivity contribution in [2.45, 2.75) is 73.5 Å². The lowest BCUT2D eigenvalue weighted by Crippen LogP contribution is -2.39. The van der Waals surface area contributed by atoms with Gasteiger partial charge in [-0.1, -0.05) is 41.0 Å². The largest absolute Gasteiger partial charge is 0.396 e. The molecule has 1 atom stereocenters. The zero-order valence-corrected chi connectivity index (χ0v) is 15.3. The van der Waals surface area contributed by atoms with Crippen molar-refractivity contribution in [3.8, 4) is 0 Å². The van der Waals surface area contributed by atoms with Gasteiger partial charge in [0.2, 0.25) is 0 Å². The molecule has 0 bridgehead atoms. The summed E-state index contributed by atoms with van der Waals surface area (Å²) in [5, 5.41) is 8.77. The number of ether oxygens (including phenoxy) is 2. The number of rotatable bonds is 6. The fourth-order valence-electron chi connectivity index (χ4n) is 2.57. The van der Waals surface area contributed by atoms with Crippen molar-refractivity contribution >= 4 is 0 Å². The maximum absolute atomic E-state index is 8.77. The van der Waals surface area contributed by atoms with E-state index in [1.807, 2.05) is 13.8 Å². The van der Waals surface area contributed by atoms with Crippen molar-refractivity contribution in [1.82, 2.24) is 0 Å². The first kappa shape index (κ1) is 20.9. The minimum Gasteiger partial charge on any atom is -0.396 e. The Hall–Kier alpha value is -0.120. The fraction of sp³-hybridized carbons (Fsp3) is 1.00. The lowest BCUT2D eigenvalue weighted by molar-refractivity contribution is -0.263. The molecule has 1 aliphatic heterocycles. The molecule has 21 heavy (non-hydrogen) atoms. The van der Waals surface area contributed by atoms with Gasteiger partial charge in [0.1, 0.15) is 0 Å². The van der Waals surface area contributed by atoms with Gasteiger partial charge in [-0.15, -0.1) is 0 Å². The third kappa shape index (κ3) is 11.1. The third-order valence-corrected chi connectivity index (χ3v) is 3.78. The fourth-order valence-corrected chi connectivity index (χ4v) is 2.57. The van der Waals surface area contributed by atoms with Crippen LogP contribution in [0.4, 0.5) is 0 Å². The van der Waals surface area contributed by atoms with Gasteiger partial charge in [-0.05, 0) is 44.4 Å². The molecule has 0 amide bonds. The molecule has 128 valence electrons. The number of aliphatic hydroxyl groups is 1. The van der Waals surface area contributed by atoms with Crippen LogP contribution in [0.25, 0.3) is 0 Å². The maximum Gasteiger partial charge on any atom is 0.162 e. The SMILES string of the molecule is CC(C)CC1COC(C)(C)OC1.CCC(CO)CC(C)C. The van der Waals surface area contributed by atoms with Crippen LogP contribution >= 0.6 is 0 Å². The van der Waals surface area contributed by atoms with Crippen LogP contribution in [0.1, 0.15) is 67.7 Å². The Bertz CT molecular complexity index is 235. The second-order valence-corrected chi connectivity index (χ2v) is 7.60. The summed E-state index contributed by atoms with van der Waals surface area (Å²) in [7, 11) is 0. The molecular weight excluding hydrogens is 264 g/mol. The van der Waals surface area contributed by atoms with Crippen LogP contribution in [0, 0.1) is 23.7 Å². The number of hydrogen-bond acceptors (Lipinski definition) is 3. The summed E-state index contributed by atoms with van der Waals surface area (Å²) in [6, 6.07) is 0. The molecule has 1 unspecified atom stereocenters. The Morgan fingerprint density at radius 2 is 1.57 bits per heavy atom. The Morgan fingerprint density at radius 3 is 1.86 bits per heavy atom. The highest BCUT2D eigenvalue weighted by Gasteiger charge is 2.28. The highest BCUT2D eigenvalue weighted by molar-refractivity contribution is 4.68. The molecule has 1 fully saturated rings. The zero-order chi connectivity index (χ0) is 16.5. The Labute approximate surface area is 132 Å². The predicted octanol–water partition coefficient (Wildman–Crippen LogP) is 4.48. The van der Waals surface area contributed by atoms with Crippen LogP contribution < -0.4 is 0 Å². The molecule has 1 rings (SSSR count). The molecule has 1 heterocycles. The van der Waals surface area contributed by atoms with Gasteiger partial charge >= 0.3 is 0 Å². The molecule has 3 nitrogen and oxygen atoms in total. The molecule has 3 heteroatoms. The second kappa shape index (κ2) is 10.6. The van der Waals surface area contributed by atoms with Gasteiger partial charge in [-0.3, -0.25) is 0 Å². The van der Waals surface area contributed by atoms with E-state index >= 15 is 0 Å². The first-order chi connectivity index (χ1) is 9.70. The molecule has 1 N–H and O–H groups in total. The van der Waals surface area contributed by atoms with E-state index in [4.69, 9.17) is 14.6 Å². The smallest absolute Gasteiger partial charge is 0.162 e. The Balaban J connectivity index is 0.000000400. The van der Waals surface area contributed by atoms with E-state index in [0.29, 0.717) is 18.4 Å². The van der Waals surface area contributed by atoms with Crippen LogP contribution in [0.15, 0.2) is 0 Å². The van der Waals surface area contributed by atoms with Gasteiger partial charge in [-0.25, -0.2) is 0 Å². The molecule has 1 saturated heterocycles. The van der Waals surface area contributed by atoms with E-state index in [0.717, 1.165) is 37.9 Å². The van der Waals surface area contributed by atoms with Gasteiger partial charge in [0.05, 0.1) is 13.2 Å². The normalized spacial score (nSPS) is 20.3. The van der Waals surface area contributed by atoms with E-state index in [9.17, 15) is 0 Å². The molecule has 0 aliphatic carbocycles. The summed E-state index contributed by atoms with van der Waals surface area (Å²) in [4.78, 5) is 0. The Kier molecular flexibility index (Phi) is 10.5. The molecule has 0 spiro atoms.